The molecule has 9 heteroatoms. The molecule has 26 heavy (non-hydrogen) atoms. The molecule has 0 saturated carbocycles. The lowest BCUT2D eigenvalue weighted by atomic mass is 10.0. The maximum atomic E-state index is 11.2. The zero-order valence-corrected chi connectivity index (χ0v) is 15.3. The van der Waals surface area contributed by atoms with E-state index in [9.17, 15) is 18.0 Å². The molecule has 0 bridgehead atoms. The van der Waals surface area contributed by atoms with Crippen molar-refractivity contribution < 1.29 is 13.2 Å². The molecule has 1 aromatic heterocycles. The fourth-order valence-corrected chi connectivity index (χ4v) is 2.77. The maximum Gasteiger partial charge on any atom is 0.258 e. The van der Waals surface area contributed by atoms with Gasteiger partial charge in [0, 0.05) is 10.9 Å². The summed E-state index contributed by atoms with van der Waals surface area (Å²) < 4.78 is 21.8. The van der Waals surface area contributed by atoms with Crippen LogP contribution in [0.25, 0.3) is 10.9 Å². The van der Waals surface area contributed by atoms with Crippen molar-refractivity contribution in [2.24, 2.45) is 5.14 Å². The molecule has 1 heterocycles. The number of carbonyl (C=O) groups excluding carboxylic acids is 1. The number of rotatable bonds is 3. The van der Waals surface area contributed by atoms with Crippen molar-refractivity contribution in [2.75, 3.05) is 0 Å². The molecule has 3 N–H and O–H groups in total. The Bertz CT molecular complexity index is 1080. The minimum atomic E-state index is -3.64. The Kier molecular flexibility index (Phi) is 6.25. The first-order valence-corrected chi connectivity index (χ1v) is 9.36. The molecule has 0 saturated heterocycles. The van der Waals surface area contributed by atoms with Crippen LogP contribution in [0.1, 0.15) is 18.4 Å². The van der Waals surface area contributed by atoms with Gasteiger partial charge in [-0.15, -0.1) is 0 Å². The SMILES string of the molecule is CC(C=O)c1ccc(S(N)(=O)=O)cc1.O=c1[nH]cnc2ccc(Cl)cc12. The second kappa shape index (κ2) is 8.22. The Hall–Kier alpha value is -2.55. The lowest BCUT2D eigenvalue weighted by Crippen LogP contribution is -2.12. The summed E-state index contributed by atoms with van der Waals surface area (Å²) in [6.07, 6.45) is 2.17. The number of benzene rings is 2. The zero-order chi connectivity index (χ0) is 19.3. The van der Waals surface area contributed by atoms with Crippen LogP contribution in [-0.2, 0) is 14.8 Å². The lowest BCUT2D eigenvalue weighted by molar-refractivity contribution is -0.108. The van der Waals surface area contributed by atoms with Gasteiger partial charge in [0.15, 0.2) is 0 Å². The molecule has 0 amide bonds. The topological polar surface area (TPSA) is 123 Å². The highest BCUT2D eigenvalue weighted by atomic mass is 35.5. The van der Waals surface area contributed by atoms with Crippen LogP contribution in [0, 0.1) is 0 Å². The van der Waals surface area contributed by atoms with Crippen LogP contribution < -0.4 is 10.7 Å². The van der Waals surface area contributed by atoms with Gasteiger partial charge in [-0.3, -0.25) is 4.79 Å². The molecule has 3 aromatic rings. The van der Waals surface area contributed by atoms with Gasteiger partial charge < -0.3 is 9.78 Å². The summed E-state index contributed by atoms with van der Waals surface area (Å²) in [5.41, 5.74) is 1.26. The van der Waals surface area contributed by atoms with E-state index in [4.69, 9.17) is 16.7 Å². The smallest absolute Gasteiger partial charge is 0.258 e. The number of nitrogens with two attached hydrogens (primary N) is 1. The second-order valence-electron chi connectivity index (χ2n) is 5.43. The highest BCUT2D eigenvalue weighted by molar-refractivity contribution is 7.89. The highest BCUT2D eigenvalue weighted by Gasteiger charge is 2.08. The van der Waals surface area contributed by atoms with E-state index in [1.54, 1.807) is 37.3 Å². The van der Waals surface area contributed by atoms with Gasteiger partial charge in [-0.2, -0.15) is 0 Å². The molecular weight excluding hydrogens is 378 g/mol. The Morgan fingerprint density at radius 1 is 1.19 bits per heavy atom. The van der Waals surface area contributed by atoms with E-state index in [-0.39, 0.29) is 16.4 Å². The number of hydrogen-bond donors (Lipinski definition) is 2. The number of nitrogens with zero attached hydrogens (tertiary/aromatic N) is 1. The van der Waals surface area contributed by atoms with Crippen molar-refractivity contribution in [1.29, 1.82) is 0 Å². The Morgan fingerprint density at radius 3 is 2.42 bits per heavy atom. The van der Waals surface area contributed by atoms with Gasteiger partial charge in [0.05, 0.1) is 22.1 Å². The van der Waals surface area contributed by atoms with E-state index in [1.807, 2.05) is 0 Å². The van der Waals surface area contributed by atoms with Crippen molar-refractivity contribution in [1.82, 2.24) is 9.97 Å². The van der Waals surface area contributed by atoms with Crippen LogP contribution in [-0.4, -0.2) is 24.7 Å². The summed E-state index contributed by atoms with van der Waals surface area (Å²) >= 11 is 5.71. The van der Waals surface area contributed by atoms with Crippen molar-refractivity contribution >= 4 is 38.8 Å². The molecule has 0 aliphatic heterocycles. The van der Waals surface area contributed by atoms with Crippen molar-refractivity contribution in [3.05, 3.63) is 69.7 Å². The van der Waals surface area contributed by atoms with Crippen LogP contribution in [0.2, 0.25) is 5.02 Å². The van der Waals surface area contributed by atoms with Crippen LogP contribution in [0.3, 0.4) is 0 Å². The van der Waals surface area contributed by atoms with Gasteiger partial charge in [0.1, 0.15) is 6.29 Å². The molecule has 0 aliphatic carbocycles. The van der Waals surface area contributed by atoms with E-state index >= 15 is 0 Å². The Balaban J connectivity index is 0.000000189. The van der Waals surface area contributed by atoms with Gasteiger partial charge in [0.25, 0.3) is 5.56 Å². The van der Waals surface area contributed by atoms with Crippen LogP contribution in [0.15, 0.2) is 58.5 Å². The average Bonchev–Trinajstić information content (AvgIpc) is 2.62. The predicted molar refractivity (Wildman–Crippen MR) is 99.7 cm³/mol. The third-order valence-corrected chi connectivity index (χ3v) is 4.71. The quantitative estimate of drug-likeness (QED) is 0.660. The molecule has 0 spiro atoms. The molecule has 136 valence electrons. The third kappa shape index (κ3) is 4.98. The second-order valence-corrected chi connectivity index (χ2v) is 7.43. The number of H-pyrrole nitrogens is 1. The van der Waals surface area contributed by atoms with Crippen LogP contribution in [0.5, 0.6) is 0 Å². The van der Waals surface area contributed by atoms with Gasteiger partial charge in [-0.25, -0.2) is 18.5 Å². The first-order valence-electron chi connectivity index (χ1n) is 7.43. The summed E-state index contributed by atoms with van der Waals surface area (Å²) in [5, 5.41) is 5.98. The first kappa shape index (κ1) is 19.8. The predicted octanol–water partition coefficient (Wildman–Crippen LogP) is 2.21. The molecule has 2 aromatic carbocycles. The van der Waals surface area contributed by atoms with Crippen molar-refractivity contribution in [3.8, 4) is 0 Å². The maximum absolute atomic E-state index is 11.2. The summed E-state index contributed by atoms with van der Waals surface area (Å²) in [6.45, 7) is 1.74. The third-order valence-electron chi connectivity index (χ3n) is 3.54. The number of carbonyl (C=O) groups is 1. The number of halogens is 1. The molecular formula is C17H16ClN3O4S. The Labute approximate surface area is 154 Å². The summed E-state index contributed by atoms with van der Waals surface area (Å²) in [6, 6.07) is 11.0. The normalized spacial score (nSPS) is 12.1. The summed E-state index contributed by atoms with van der Waals surface area (Å²) in [7, 11) is -3.64. The van der Waals surface area contributed by atoms with Gasteiger partial charge >= 0.3 is 0 Å². The molecule has 1 atom stereocenters. The molecule has 3 rings (SSSR count). The minimum Gasteiger partial charge on any atom is -0.313 e. The van der Waals surface area contributed by atoms with Crippen LogP contribution >= 0.6 is 11.6 Å². The number of sulfonamides is 1. The number of nitrogens with one attached hydrogen (secondary N) is 1. The number of aromatic nitrogens is 2. The Morgan fingerprint density at radius 2 is 1.85 bits per heavy atom. The molecule has 7 nitrogen and oxygen atoms in total. The number of fused-ring (bicyclic) bond motifs is 1. The largest absolute Gasteiger partial charge is 0.313 e. The van der Waals surface area contributed by atoms with Gasteiger partial charge in [-0.05, 0) is 35.9 Å². The fraction of sp³-hybridized carbons (Fsp3) is 0.118. The lowest BCUT2D eigenvalue weighted by Gasteiger charge is -2.04. The van der Waals surface area contributed by atoms with E-state index < -0.39 is 10.0 Å². The summed E-state index contributed by atoms with van der Waals surface area (Å²) in [4.78, 5) is 28.1. The number of aromatic amines is 1. The minimum absolute atomic E-state index is 0.0550. The van der Waals surface area contributed by atoms with Crippen LogP contribution in [0.4, 0.5) is 0 Å². The molecule has 0 radical (unpaired) electrons. The average molecular weight is 394 g/mol. The molecule has 0 fully saturated rings. The number of aldehydes is 1. The number of primary sulfonamides is 1. The molecule has 0 aliphatic rings. The number of hydrogen-bond acceptors (Lipinski definition) is 5. The van der Waals surface area contributed by atoms with E-state index in [0.717, 1.165) is 11.8 Å². The van der Waals surface area contributed by atoms with E-state index in [1.165, 1.54) is 18.5 Å². The van der Waals surface area contributed by atoms with Gasteiger partial charge in [-0.1, -0.05) is 30.7 Å². The highest BCUT2D eigenvalue weighted by Crippen LogP contribution is 2.15. The monoisotopic (exact) mass is 393 g/mol. The molecule has 1 unspecified atom stereocenters. The van der Waals surface area contributed by atoms with E-state index in [0.29, 0.717) is 15.9 Å². The first-order chi connectivity index (χ1) is 12.2. The summed E-state index contributed by atoms with van der Waals surface area (Å²) in [5.74, 6) is -0.232. The standard InChI is InChI=1S/C9H11NO3S.C8H5ClN2O/c1-7(6-11)8-2-4-9(5-3-8)14(10,12)13;9-5-1-2-7-6(3-5)8(12)11-4-10-7/h2-7H,1H3,(H2,10,12,13);1-4H,(H,10,11,12). The van der Waals surface area contributed by atoms with Crippen molar-refractivity contribution in [3.63, 3.8) is 0 Å². The van der Waals surface area contributed by atoms with Crippen molar-refractivity contribution in [2.45, 2.75) is 17.7 Å². The van der Waals surface area contributed by atoms with Gasteiger partial charge in [0.2, 0.25) is 10.0 Å². The fourth-order valence-electron chi connectivity index (χ4n) is 2.08. The van der Waals surface area contributed by atoms with E-state index in [2.05, 4.69) is 9.97 Å². The zero-order valence-electron chi connectivity index (χ0n) is 13.7.